The zero-order valence-corrected chi connectivity index (χ0v) is 16.3. The van der Waals surface area contributed by atoms with Gasteiger partial charge in [0.05, 0.1) is 22.4 Å². The average Bonchev–Trinajstić information content (AvgIpc) is 2.76. The van der Waals surface area contributed by atoms with E-state index in [1.807, 2.05) is 0 Å². The summed E-state index contributed by atoms with van der Waals surface area (Å²) >= 11 is 5.94. The fourth-order valence-electron chi connectivity index (χ4n) is 3.17. The first-order valence-electron chi connectivity index (χ1n) is 8.86. The predicted molar refractivity (Wildman–Crippen MR) is 114 cm³/mol. The quantitative estimate of drug-likeness (QED) is 0.531. The number of pyridine rings is 3. The zero-order chi connectivity index (χ0) is 20.5. The molecule has 1 atom stereocenters. The van der Waals surface area contributed by atoms with Crippen LogP contribution in [0.5, 0.6) is 0 Å². The summed E-state index contributed by atoms with van der Waals surface area (Å²) in [6.07, 6.45) is 4.53. The van der Waals surface area contributed by atoms with Crippen molar-refractivity contribution >= 4 is 22.6 Å². The van der Waals surface area contributed by atoms with Gasteiger partial charge >= 0.3 is 0 Å². The molecule has 1 N–H and O–H groups in total. The molecule has 4 rings (SSSR count). The SMILES string of the molecule is C#Cc1cccc(-c2cc(=O)n(C)c3ccc(C(O)c4ccc(Cl)cc4)nc23)n1. The maximum atomic E-state index is 12.5. The maximum Gasteiger partial charge on any atom is 0.251 e. The monoisotopic (exact) mass is 401 g/mol. The molecule has 1 unspecified atom stereocenters. The van der Waals surface area contributed by atoms with Crippen LogP contribution in [0.4, 0.5) is 0 Å². The number of aliphatic hydroxyl groups is 1. The molecule has 3 heterocycles. The first kappa shape index (κ1) is 18.9. The Balaban J connectivity index is 1.93. The Morgan fingerprint density at radius 3 is 2.59 bits per heavy atom. The van der Waals surface area contributed by atoms with Gasteiger partial charge in [0.2, 0.25) is 0 Å². The fraction of sp³-hybridized carbons (Fsp3) is 0.0870. The number of rotatable bonds is 3. The summed E-state index contributed by atoms with van der Waals surface area (Å²) in [4.78, 5) is 21.6. The van der Waals surface area contributed by atoms with Crippen molar-refractivity contribution in [1.29, 1.82) is 0 Å². The van der Waals surface area contributed by atoms with E-state index in [9.17, 15) is 9.90 Å². The molecule has 0 amide bonds. The van der Waals surface area contributed by atoms with Crippen molar-refractivity contribution < 1.29 is 5.11 Å². The van der Waals surface area contributed by atoms with Crippen molar-refractivity contribution in [3.8, 4) is 23.6 Å². The number of aromatic nitrogens is 3. The van der Waals surface area contributed by atoms with Crippen molar-refractivity contribution in [2.75, 3.05) is 0 Å². The molecule has 0 aliphatic rings. The second-order valence-corrected chi connectivity index (χ2v) is 7.00. The number of nitrogens with zero attached hydrogens (tertiary/aromatic N) is 3. The van der Waals surface area contributed by atoms with Crippen molar-refractivity contribution in [3.05, 3.63) is 93.0 Å². The highest BCUT2D eigenvalue weighted by molar-refractivity contribution is 6.30. The highest BCUT2D eigenvalue weighted by Gasteiger charge is 2.17. The van der Waals surface area contributed by atoms with E-state index in [1.54, 1.807) is 61.6 Å². The number of hydrogen-bond acceptors (Lipinski definition) is 4. The molecule has 1 aromatic carbocycles. The molecule has 5 nitrogen and oxygen atoms in total. The first-order valence-corrected chi connectivity index (χ1v) is 9.24. The number of hydrogen-bond donors (Lipinski definition) is 1. The number of aliphatic hydroxyl groups excluding tert-OH is 1. The summed E-state index contributed by atoms with van der Waals surface area (Å²) in [5.41, 5.74) is 3.70. The zero-order valence-electron chi connectivity index (χ0n) is 15.5. The van der Waals surface area contributed by atoms with Gasteiger partial charge in [0.1, 0.15) is 11.8 Å². The molecule has 4 aromatic rings. The van der Waals surface area contributed by atoms with E-state index in [2.05, 4.69) is 15.9 Å². The molecule has 0 fully saturated rings. The Morgan fingerprint density at radius 1 is 1.10 bits per heavy atom. The smallest absolute Gasteiger partial charge is 0.251 e. The van der Waals surface area contributed by atoms with Crippen LogP contribution in [-0.2, 0) is 7.05 Å². The molecule has 0 saturated carbocycles. The summed E-state index contributed by atoms with van der Waals surface area (Å²) in [5, 5.41) is 11.4. The van der Waals surface area contributed by atoms with E-state index >= 15 is 0 Å². The van der Waals surface area contributed by atoms with Crippen LogP contribution in [0.1, 0.15) is 23.1 Å². The van der Waals surface area contributed by atoms with Crippen LogP contribution < -0.4 is 5.56 Å². The molecular formula is C23H16ClN3O2. The van der Waals surface area contributed by atoms with Crippen molar-refractivity contribution in [3.63, 3.8) is 0 Å². The van der Waals surface area contributed by atoms with Crippen LogP contribution in [0.3, 0.4) is 0 Å². The number of benzene rings is 1. The van der Waals surface area contributed by atoms with E-state index < -0.39 is 6.10 Å². The second-order valence-electron chi connectivity index (χ2n) is 6.57. The minimum absolute atomic E-state index is 0.187. The molecule has 142 valence electrons. The van der Waals surface area contributed by atoms with Crippen LogP contribution in [0, 0.1) is 12.3 Å². The molecule has 6 heteroatoms. The third-order valence-electron chi connectivity index (χ3n) is 4.75. The van der Waals surface area contributed by atoms with Crippen molar-refractivity contribution in [2.24, 2.45) is 7.05 Å². The highest BCUT2D eigenvalue weighted by Crippen LogP contribution is 2.28. The summed E-state index contributed by atoms with van der Waals surface area (Å²) in [6.45, 7) is 0. The average molecular weight is 402 g/mol. The van der Waals surface area contributed by atoms with Crippen LogP contribution >= 0.6 is 11.6 Å². The summed E-state index contributed by atoms with van der Waals surface area (Å²) in [6, 6.07) is 17.2. The molecule has 29 heavy (non-hydrogen) atoms. The van der Waals surface area contributed by atoms with Crippen LogP contribution in [0.15, 0.2) is 65.5 Å². The lowest BCUT2D eigenvalue weighted by molar-refractivity contribution is 0.216. The first-order chi connectivity index (χ1) is 14.0. The summed E-state index contributed by atoms with van der Waals surface area (Å²) in [7, 11) is 1.68. The van der Waals surface area contributed by atoms with Gasteiger partial charge in [-0.25, -0.2) is 9.97 Å². The lowest BCUT2D eigenvalue weighted by Crippen LogP contribution is -2.17. The Bertz CT molecular complexity index is 1320. The van der Waals surface area contributed by atoms with Crippen molar-refractivity contribution in [1.82, 2.24) is 14.5 Å². The van der Waals surface area contributed by atoms with Gasteiger partial charge in [-0.3, -0.25) is 4.79 Å². The fourth-order valence-corrected chi connectivity index (χ4v) is 3.30. The molecule has 3 aromatic heterocycles. The van der Waals surface area contributed by atoms with Gasteiger partial charge in [-0.15, -0.1) is 6.42 Å². The molecular weight excluding hydrogens is 386 g/mol. The van der Waals surface area contributed by atoms with E-state index in [-0.39, 0.29) is 5.56 Å². The van der Waals surface area contributed by atoms with Crippen LogP contribution in [-0.4, -0.2) is 19.6 Å². The second kappa shape index (κ2) is 7.51. The van der Waals surface area contributed by atoms with E-state index in [4.69, 9.17) is 18.0 Å². The van der Waals surface area contributed by atoms with Gasteiger partial charge < -0.3 is 9.67 Å². The van der Waals surface area contributed by atoms with Crippen LogP contribution in [0.25, 0.3) is 22.3 Å². The normalized spacial score (nSPS) is 11.9. The third kappa shape index (κ3) is 3.52. The Hall–Kier alpha value is -3.46. The largest absolute Gasteiger partial charge is 0.382 e. The lowest BCUT2D eigenvalue weighted by atomic mass is 10.0. The van der Waals surface area contributed by atoms with Gasteiger partial charge in [-0.1, -0.05) is 35.7 Å². The Labute approximate surface area is 172 Å². The minimum atomic E-state index is -0.938. The molecule has 0 radical (unpaired) electrons. The summed E-state index contributed by atoms with van der Waals surface area (Å²) in [5.74, 6) is 2.50. The van der Waals surface area contributed by atoms with Gasteiger partial charge in [-0.05, 0) is 42.0 Å². The molecule has 0 aliphatic heterocycles. The Kier molecular flexibility index (Phi) is 4.89. The number of halogens is 1. The van der Waals surface area contributed by atoms with Gasteiger partial charge in [0, 0.05) is 23.7 Å². The third-order valence-corrected chi connectivity index (χ3v) is 5.00. The van der Waals surface area contributed by atoms with Gasteiger partial charge in [0.25, 0.3) is 5.56 Å². The van der Waals surface area contributed by atoms with E-state index in [1.165, 1.54) is 10.6 Å². The highest BCUT2D eigenvalue weighted by atomic mass is 35.5. The molecule has 0 aliphatic carbocycles. The standard InChI is InChI=1S/C23H16ClN3O2/c1-3-16-5-4-6-18(25-16)17-13-21(28)27(2)20-12-11-19(26-22(17)20)23(29)14-7-9-15(24)10-8-14/h1,4-13,23,29H,2H3. The topological polar surface area (TPSA) is 68.0 Å². The minimum Gasteiger partial charge on any atom is -0.382 e. The van der Waals surface area contributed by atoms with Crippen LogP contribution in [0.2, 0.25) is 5.02 Å². The van der Waals surface area contributed by atoms with E-state index in [0.717, 1.165) is 0 Å². The molecule has 0 bridgehead atoms. The summed E-state index contributed by atoms with van der Waals surface area (Å²) < 4.78 is 1.51. The maximum absolute atomic E-state index is 12.5. The number of aryl methyl sites for hydroxylation is 1. The van der Waals surface area contributed by atoms with Gasteiger partial charge in [0.15, 0.2) is 0 Å². The molecule has 0 saturated heterocycles. The van der Waals surface area contributed by atoms with E-state index in [0.29, 0.717) is 44.3 Å². The predicted octanol–water partition coefficient (Wildman–Crippen LogP) is 3.71. The number of fused-ring (bicyclic) bond motifs is 1. The molecule has 0 spiro atoms. The van der Waals surface area contributed by atoms with Gasteiger partial charge in [-0.2, -0.15) is 0 Å². The lowest BCUT2D eigenvalue weighted by Gasteiger charge is -2.14. The number of terminal acetylenes is 1. The van der Waals surface area contributed by atoms with Crippen molar-refractivity contribution in [2.45, 2.75) is 6.10 Å². The Morgan fingerprint density at radius 2 is 1.86 bits per heavy atom.